The first-order chi connectivity index (χ1) is 9.31. The van der Waals surface area contributed by atoms with E-state index in [4.69, 9.17) is 0 Å². The summed E-state index contributed by atoms with van der Waals surface area (Å²) >= 11 is 3.00. The Balaban J connectivity index is 2.42. The molecule has 1 aromatic carbocycles. The molecular formula is C13H17BrFN3O2. The van der Waals surface area contributed by atoms with Gasteiger partial charge in [-0.3, -0.25) is 15.0 Å². The van der Waals surface area contributed by atoms with Gasteiger partial charge < -0.3 is 4.90 Å². The second kappa shape index (κ2) is 5.65. The van der Waals surface area contributed by atoms with Gasteiger partial charge in [-0.1, -0.05) is 0 Å². The Labute approximate surface area is 125 Å². The lowest BCUT2D eigenvalue weighted by Gasteiger charge is -2.43. The fourth-order valence-corrected chi connectivity index (χ4v) is 2.86. The lowest BCUT2D eigenvalue weighted by molar-refractivity contribution is -0.384. The first-order valence-corrected chi connectivity index (χ1v) is 7.21. The molecule has 0 N–H and O–H groups in total. The Bertz CT molecular complexity index is 529. The van der Waals surface area contributed by atoms with Crippen molar-refractivity contribution in [3.05, 3.63) is 32.5 Å². The molecule has 0 spiro atoms. The van der Waals surface area contributed by atoms with Gasteiger partial charge in [0.2, 0.25) is 0 Å². The van der Waals surface area contributed by atoms with Crippen LogP contribution in [-0.4, -0.2) is 42.0 Å². The van der Waals surface area contributed by atoms with Crippen molar-refractivity contribution >= 4 is 27.3 Å². The van der Waals surface area contributed by atoms with E-state index in [0.29, 0.717) is 18.8 Å². The van der Waals surface area contributed by atoms with Crippen LogP contribution in [0.4, 0.5) is 15.8 Å². The summed E-state index contributed by atoms with van der Waals surface area (Å²) in [6, 6.07) is 2.99. The summed E-state index contributed by atoms with van der Waals surface area (Å²) in [4.78, 5) is 14.8. The highest BCUT2D eigenvalue weighted by Gasteiger charge is 2.31. The van der Waals surface area contributed by atoms with Crippen molar-refractivity contribution in [1.29, 1.82) is 0 Å². The Morgan fingerprint density at radius 1 is 1.35 bits per heavy atom. The highest BCUT2D eigenvalue weighted by molar-refractivity contribution is 9.10. The molecule has 5 nitrogen and oxygen atoms in total. The molecular weight excluding hydrogens is 329 g/mol. The SMILES string of the molecule is C[C@@H]1CN(c2cc(F)c(Br)cc2[N+](=O)[O-])C[C@H](C)N1C. The maximum atomic E-state index is 13.7. The zero-order valence-electron chi connectivity index (χ0n) is 11.6. The van der Waals surface area contributed by atoms with E-state index in [1.54, 1.807) is 0 Å². The van der Waals surface area contributed by atoms with E-state index in [1.165, 1.54) is 12.1 Å². The van der Waals surface area contributed by atoms with Crippen LogP contribution in [0.2, 0.25) is 0 Å². The first-order valence-electron chi connectivity index (χ1n) is 6.41. The van der Waals surface area contributed by atoms with Gasteiger partial charge in [0.05, 0.1) is 9.40 Å². The van der Waals surface area contributed by atoms with Crippen LogP contribution in [0.3, 0.4) is 0 Å². The third-order valence-electron chi connectivity index (χ3n) is 3.91. The predicted molar refractivity (Wildman–Crippen MR) is 79.7 cm³/mol. The molecule has 20 heavy (non-hydrogen) atoms. The first kappa shape index (κ1) is 15.2. The van der Waals surface area contributed by atoms with Crippen molar-refractivity contribution in [2.45, 2.75) is 25.9 Å². The average Bonchev–Trinajstić information content (AvgIpc) is 2.37. The van der Waals surface area contributed by atoms with Crippen LogP contribution < -0.4 is 4.90 Å². The number of hydrogen-bond donors (Lipinski definition) is 0. The Hall–Kier alpha value is -1.21. The van der Waals surface area contributed by atoms with Gasteiger partial charge in [-0.2, -0.15) is 0 Å². The van der Waals surface area contributed by atoms with Crippen molar-refractivity contribution in [3.8, 4) is 0 Å². The number of nitro groups is 1. The minimum Gasteiger partial charge on any atom is -0.363 e. The number of likely N-dealkylation sites (N-methyl/N-ethyl adjacent to an activating group) is 1. The lowest BCUT2D eigenvalue weighted by Crippen LogP contribution is -2.55. The largest absolute Gasteiger partial charge is 0.363 e. The Kier molecular flexibility index (Phi) is 4.29. The van der Waals surface area contributed by atoms with Crippen LogP contribution >= 0.6 is 15.9 Å². The quantitative estimate of drug-likeness (QED) is 0.610. The van der Waals surface area contributed by atoms with Crippen LogP contribution in [0.25, 0.3) is 0 Å². The van der Waals surface area contributed by atoms with E-state index in [1.807, 2.05) is 11.9 Å². The standard InChI is InChI=1S/C13H17BrFN3O2/c1-8-6-17(7-9(2)16(8)3)12-5-11(15)10(14)4-13(12)18(19)20/h4-5,8-9H,6-7H2,1-3H3/t8-,9+. The highest BCUT2D eigenvalue weighted by Crippen LogP contribution is 2.35. The molecule has 0 saturated carbocycles. The molecule has 0 bridgehead atoms. The van der Waals surface area contributed by atoms with E-state index in [-0.39, 0.29) is 22.2 Å². The summed E-state index contributed by atoms with van der Waals surface area (Å²) in [6.07, 6.45) is 0. The Morgan fingerprint density at radius 3 is 2.40 bits per heavy atom. The van der Waals surface area contributed by atoms with Crippen LogP contribution in [0, 0.1) is 15.9 Å². The zero-order valence-corrected chi connectivity index (χ0v) is 13.2. The van der Waals surface area contributed by atoms with E-state index in [2.05, 4.69) is 34.7 Å². The molecule has 1 aliphatic rings. The average molecular weight is 346 g/mol. The molecule has 0 aromatic heterocycles. The molecule has 7 heteroatoms. The summed E-state index contributed by atoms with van der Waals surface area (Å²) in [5, 5.41) is 11.2. The second-order valence-corrected chi connectivity index (χ2v) is 6.13. The van der Waals surface area contributed by atoms with Crippen LogP contribution in [0.1, 0.15) is 13.8 Å². The second-order valence-electron chi connectivity index (χ2n) is 5.28. The third-order valence-corrected chi connectivity index (χ3v) is 4.52. The number of rotatable bonds is 2. The summed E-state index contributed by atoms with van der Waals surface area (Å²) in [6.45, 7) is 5.40. The summed E-state index contributed by atoms with van der Waals surface area (Å²) < 4.78 is 13.9. The van der Waals surface area contributed by atoms with Gasteiger partial charge in [0.15, 0.2) is 0 Å². The molecule has 2 atom stereocenters. The molecule has 1 saturated heterocycles. The smallest absolute Gasteiger partial charge is 0.293 e. The van der Waals surface area contributed by atoms with Gasteiger partial charge in [-0.15, -0.1) is 0 Å². The summed E-state index contributed by atoms with van der Waals surface area (Å²) in [5.41, 5.74) is 0.282. The zero-order chi connectivity index (χ0) is 15.0. The Morgan fingerprint density at radius 2 is 1.90 bits per heavy atom. The van der Waals surface area contributed by atoms with E-state index in [0.717, 1.165) is 0 Å². The van der Waals surface area contributed by atoms with Gasteiger partial charge in [0.25, 0.3) is 5.69 Å². The van der Waals surface area contributed by atoms with Gasteiger partial charge in [-0.05, 0) is 36.8 Å². The number of halogens is 2. The topological polar surface area (TPSA) is 49.6 Å². The molecule has 1 fully saturated rings. The molecule has 2 rings (SSSR count). The van der Waals surface area contributed by atoms with Crippen molar-refractivity contribution < 1.29 is 9.31 Å². The van der Waals surface area contributed by atoms with Crippen molar-refractivity contribution in [2.24, 2.45) is 0 Å². The molecule has 1 aliphatic heterocycles. The van der Waals surface area contributed by atoms with Gasteiger partial charge in [0, 0.05) is 37.3 Å². The molecule has 0 radical (unpaired) electrons. The van der Waals surface area contributed by atoms with Crippen LogP contribution in [0.15, 0.2) is 16.6 Å². The minimum absolute atomic E-state index is 0.0674. The van der Waals surface area contributed by atoms with Crippen LogP contribution in [-0.2, 0) is 0 Å². The highest BCUT2D eigenvalue weighted by atomic mass is 79.9. The van der Waals surface area contributed by atoms with Crippen molar-refractivity contribution in [3.63, 3.8) is 0 Å². The number of nitrogens with zero attached hydrogens (tertiary/aromatic N) is 3. The lowest BCUT2D eigenvalue weighted by atomic mass is 10.1. The molecule has 1 heterocycles. The summed E-state index contributed by atoms with van der Waals surface area (Å²) in [7, 11) is 2.03. The fraction of sp³-hybridized carbons (Fsp3) is 0.538. The molecule has 0 amide bonds. The van der Waals surface area contributed by atoms with Crippen LogP contribution in [0.5, 0.6) is 0 Å². The van der Waals surface area contributed by atoms with E-state index < -0.39 is 10.7 Å². The van der Waals surface area contributed by atoms with Gasteiger partial charge in [-0.25, -0.2) is 4.39 Å². The van der Waals surface area contributed by atoms with Gasteiger partial charge in [0.1, 0.15) is 11.5 Å². The third kappa shape index (κ3) is 2.78. The monoisotopic (exact) mass is 345 g/mol. The normalized spacial score (nSPS) is 23.9. The van der Waals surface area contributed by atoms with Crippen molar-refractivity contribution in [1.82, 2.24) is 4.90 Å². The molecule has 0 unspecified atom stereocenters. The number of hydrogen-bond acceptors (Lipinski definition) is 4. The molecule has 1 aromatic rings. The maximum Gasteiger partial charge on any atom is 0.293 e. The van der Waals surface area contributed by atoms with Gasteiger partial charge >= 0.3 is 0 Å². The number of piperazine rings is 1. The number of nitro benzene ring substituents is 1. The summed E-state index contributed by atoms with van der Waals surface area (Å²) in [5.74, 6) is -0.482. The minimum atomic E-state index is -0.482. The van der Waals surface area contributed by atoms with Crippen molar-refractivity contribution in [2.75, 3.05) is 25.0 Å². The number of anilines is 1. The fourth-order valence-electron chi connectivity index (χ4n) is 2.53. The molecule has 0 aliphatic carbocycles. The maximum absolute atomic E-state index is 13.7. The molecule has 110 valence electrons. The predicted octanol–water partition coefficient (Wildman–Crippen LogP) is 3.03. The number of benzene rings is 1. The van der Waals surface area contributed by atoms with E-state index in [9.17, 15) is 14.5 Å². The van der Waals surface area contributed by atoms with E-state index >= 15 is 0 Å².